The van der Waals surface area contributed by atoms with Crippen molar-refractivity contribution in [2.24, 2.45) is 0 Å². The van der Waals surface area contributed by atoms with Gasteiger partial charge in [-0.15, -0.1) is 0 Å². The second-order valence-electron chi connectivity index (χ2n) is 12.1. The molecule has 0 amide bonds. The van der Waals surface area contributed by atoms with Gasteiger partial charge in [0.2, 0.25) is 0 Å². The maximum atomic E-state index is 6.26. The third kappa shape index (κ3) is 3.55. The van der Waals surface area contributed by atoms with Crippen LogP contribution >= 0.6 is 0 Å². The van der Waals surface area contributed by atoms with Crippen LogP contribution in [-0.4, -0.2) is 6.71 Å². The van der Waals surface area contributed by atoms with E-state index in [0.29, 0.717) is 0 Å². The zero-order valence-corrected chi connectivity index (χ0v) is 25.0. The summed E-state index contributed by atoms with van der Waals surface area (Å²) in [5.74, 6) is 0. The highest BCUT2D eigenvalue weighted by molar-refractivity contribution is 7.00. The molecule has 2 aliphatic rings. The number of para-hydroxylation sites is 4. The topological polar surface area (TPSA) is 19.6 Å². The second-order valence-corrected chi connectivity index (χ2v) is 12.1. The summed E-state index contributed by atoms with van der Waals surface area (Å²) in [6.07, 6.45) is 0. The van der Waals surface area contributed by atoms with Crippen LogP contribution < -0.4 is 26.2 Å². The summed E-state index contributed by atoms with van der Waals surface area (Å²) in [6.45, 7) is 0.129. The van der Waals surface area contributed by atoms with Gasteiger partial charge in [0.25, 0.3) is 6.71 Å². The van der Waals surface area contributed by atoms with Gasteiger partial charge in [0, 0.05) is 44.9 Å². The van der Waals surface area contributed by atoms with Crippen molar-refractivity contribution in [2.75, 3.05) is 9.80 Å². The van der Waals surface area contributed by atoms with Gasteiger partial charge < -0.3 is 14.2 Å². The highest BCUT2D eigenvalue weighted by Gasteiger charge is 2.42. The minimum absolute atomic E-state index is 0.129. The van der Waals surface area contributed by atoms with Gasteiger partial charge in [-0.1, -0.05) is 103 Å². The molecule has 0 saturated heterocycles. The molecule has 3 nitrogen and oxygen atoms in total. The van der Waals surface area contributed by atoms with E-state index >= 15 is 0 Å². The largest absolute Gasteiger partial charge is 0.456 e. The van der Waals surface area contributed by atoms with Crippen LogP contribution in [0.15, 0.2) is 168 Å². The highest BCUT2D eigenvalue weighted by Crippen LogP contribution is 2.45. The first-order valence-corrected chi connectivity index (χ1v) is 15.8. The molecule has 2 aliphatic heterocycles. The van der Waals surface area contributed by atoms with Gasteiger partial charge in [0.1, 0.15) is 11.2 Å². The van der Waals surface area contributed by atoms with Crippen LogP contribution in [0.1, 0.15) is 0 Å². The molecular formula is C42H27BN2O. The fourth-order valence-corrected chi connectivity index (χ4v) is 7.80. The van der Waals surface area contributed by atoms with Crippen molar-refractivity contribution in [2.45, 2.75) is 0 Å². The number of fused-ring (bicyclic) bond motifs is 7. The first-order chi connectivity index (χ1) is 22.8. The summed E-state index contributed by atoms with van der Waals surface area (Å²) in [7, 11) is 0. The lowest BCUT2D eigenvalue weighted by Gasteiger charge is -2.44. The Bertz CT molecular complexity index is 2470. The molecule has 0 aliphatic carbocycles. The van der Waals surface area contributed by atoms with Gasteiger partial charge in [0.15, 0.2) is 0 Å². The predicted molar refractivity (Wildman–Crippen MR) is 193 cm³/mol. The molecule has 46 heavy (non-hydrogen) atoms. The maximum absolute atomic E-state index is 6.26. The van der Waals surface area contributed by atoms with Crippen LogP contribution in [0.4, 0.5) is 34.1 Å². The smallest absolute Gasteiger partial charge is 0.252 e. The standard InChI is InChI=1S/C42H27BN2O/c1-2-14-29(15-3-1)44-35-21-7-5-19-33(35)43-34-20-6-8-22-36(34)45(38-24-12-23-37(44)42(38)43)30-16-10-13-28(27-30)31-18-11-26-40-41(31)32-17-4-9-25-39(32)46-40/h1-27H. The summed E-state index contributed by atoms with van der Waals surface area (Å²) < 4.78 is 6.26. The van der Waals surface area contributed by atoms with E-state index in [4.69, 9.17) is 4.42 Å². The van der Waals surface area contributed by atoms with Crippen molar-refractivity contribution < 1.29 is 4.42 Å². The summed E-state index contributed by atoms with van der Waals surface area (Å²) in [6, 6.07) is 59.0. The fourth-order valence-electron chi connectivity index (χ4n) is 7.80. The van der Waals surface area contributed by atoms with E-state index in [2.05, 4.69) is 161 Å². The molecule has 0 unspecified atom stereocenters. The van der Waals surface area contributed by atoms with Crippen molar-refractivity contribution in [3.63, 3.8) is 0 Å². The Hall–Kier alpha value is -6.00. The van der Waals surface area contributed by atoms with Gasteiger partial charge in [-0.25, -0.2) is 0 Å². The molecule has 0 N–H and O–H groups in total. The number of nitrogens with zero attached hydrogens (tertiary/aromatic N) is 2. The molecule has 0 spiro atoms. The Morgan fingerprint density at radius 1 is 0.435 bits per heavy atom. The van der Waals surface area contributed by atoms with E-state index in [-0.39, 0.29) is 6.71 Å². The molecule has 0 bridgehead atoms. The number of benzene rings is 7. The molecule has 4 heteroatoms. The van der Waals surface area contributed by atoms with E-state index in [1.54, 1.807) is 0 Å². The molecule has 3 heterocycles. The van der Waals surface area contributed by atoms with E-state index < -0.39 is 0 Å². The molecule has 0 fully saturated rings. The molecule has 0 radical (unpaired) electrons. The van der Waals surface area contributed by atoms with E-state index in [1.807, 2.05) is 12.1 Å². The quantitative estimate of drug-likeness (QED) is 0.192. The Balaban J connectivity index is 1.21. The van der Waals surface area contributed by atoms with Gasteiger partial charge in [-0.2, -0.15) is 0 Å². The van der Waals surface area contributed by atoms with Gasteiger partial charge in [-0.05, 0) is 88.2 Å². The van der Waals surface area contributed by atoms with Crippen molar-refractivity contribution in [1.29, 1.82) is 0 Å². The number of rotatable bonds is 3. The zero-order chi connectivity index (χ0) is 30.2. The lowest BCUT2D eigenvalue weighted by molar-refractivity contribution is 0.669. The average Bonchev–Trinajstić information content (AvgIpc) is 3.51. The first kappa shape index (κ1) is 25.3. The van der Waals surface area contributed by atoms with Crippen molar-refractivity contribution in [3.05, 3.63) is 164 Å². The lowest BCUT2D eigenvalue weighted by atomic mass is 9.33. The Labute approximate surface area is 267 Å². The number of hydrogen-bond donors (Lipinski definition) is 0. The number of furan rings is 1. The molecule has 214 valence electrons. The third-order valence-electron chi connectivity index (χ3n) is 9.64. The Kier molecular flexibility index (Phi) is 5.37. The maximum Gasteiger partial charge on any atom is 0.252 e. The van der Waals surface area contributed by atoms with Crippen LogP contribution in [0.5, 0.6) is 0 Å². The van der Waals surface area contributed by atoms with Crippen LogP contribution in [0.25, 0.3) is 33.1 Å². The Morgan fingerprint density at radius 2 is 1.00 bits per heavy atom. The minimum Gasteiger partial charge on any atom is -0.456 e. The predicted octanol–water partition coefficient (Wildman–Crippen LogP) is 9.34. The summed E-state index contributed by atoms with van der Waals surface area (Å²) in [4.78, 5) is 4.89. The fraction of sp³-hybridized carbons (Fsp3) is 0. The SMILES string of the molecule is c1ccc(N2c3ccccc3B3c4ccccc4N(c4cccc(-c5cccc6oc7ccccc7c56)c4)c4cccc2c43)cc1. The lowest BCUT2D eigenvalue weighted by Crippen LogP contribution is -2.61. The molecule has 0 saturated carbocycles. The molecule has 8 aromatic rings. The van der Waals surface area contributed by atoms with Gasteiger partial charge in [0.05, 0.1) is 0 Å². The third-order valence-corrected chi connectivity index (χ3v) is 9.64. The van der Waals surface area contributed by atoms with Crippen LogP contribution in [0.3, 0.4) is 0 Å². The molecule has 1 aromatic heterocycles. The summed E-state index contributed by atoms with van der Waals surface area (Å²) in [5, 5.41) is 2.29. The van der Waals surface area contributed by atoms with E-state index in [0.717, 1.165) is 38.9 Å². The molecular weight excluding hydrogens is 559 g/mol. The molecule has 7 aromatic carbocycles. The molecule has 10 rings (SSSR count). The minimum atomic E-state index is 0.129. The second kappa shape index (κ2) is 9.75. The van der Waals surface area contributed by atoms with Gasteiger partial charge >= 0.3 is 0 Å². The van der Waals surface area contributed by atoms with Crippen LogP contribution in [0, 0.1) is 0 Å². The van der Waals surface area contributed by atoms with Gasteiger partial charge in [-0.3, -0.25) is 0 Å². The van der Waals surface area contributed by atoms with E-state index in [9.17, 15) is 0 Å². The van der Waals surface area contributed by atoms with Crippen molar-refractivity contribution >= 4 is 79.2 Å². The van der Waals surface area contributed by atoms with Crippen LogP contribution in [-0.2, 0) is 0 Å². The normalized spacial score (nSPS) is 13.1. The van der Waals surface area contributed by atoms with Crippen LogP contribution in [0.2, 0.25) is 0 Å². The first-order valence-electron chi connectivity index (χ1n) is 15.8. The number of anilines is 6. The monoisotopic (exact) mass is 586 g/mol. The number of hydrogen-bond acceptors (Lipinski definition) is 3. The van der Waals surface area contributed by atoms with E-state index in [1.165, 1.54) is 44.7 Å². The average molecular weight is 587 g/mol. The Morgan fingerprint density at radius 3 is 1.78 bits per heavy atom. The van der Waals surface area contributed by atoms with Crippen molar-refractivity contribution in [1.82, 2.24) is 0 Å². The highest BCUT2D eigenvalue weighted by atomic mass is 16.3. The summed E-state index contributed by atoms with van der Waals surface area (Å²) in [5.41, 5.74) is 15.3. The zero-order valence-electron chi connectivity index (χ0n) is 25.0. The molecule has 0 atom stereocenters. The van der Waals surface area contributed by atoms with Crippen molar-refractivity contribution in [3.8, 4) is 11.1 Å². The summed E-state index contributed by atoms with van der Waals surface area (Å²) >= 11 is 0.